The Morgan fingerprint density at radius 3 is 1.34 bits per heavy atom. The van der Waals surface area contributed by atoms with Crippen LogP contribution in [0, 0.1) is 7.14 Å². The number of benzene rings is 4. The minimum atomic E-state index is -7.40. The smallest absolute Gasteiger partial charge is 0.413 e. The third-order valence-corrected chi connectivity index (χ3v) is 16.1. The van der Waals surface area contributed by atoms with Gasteiger partial charge in [-0.05, 0) is 78.9 Å². The van der Waals surface area contributed by atoms with Crippen LogP contribution >= 0.6 is 52.8 Å². The van der Waals surface area contributed by atoms with E-state index in [1.807, 2.05) is 0 Å². The molecule has 0 atom stereocenters. The first-order valence-corrected chi connectivity index (χ1v) is 17.7. The molecule has 0 saturated heterocycles. The molecule has 0 bridgehead atoms. The summed E-state index contributed by atoms with van der Waals surface area (Å²) in [4.78, 5) is 0. The summed E-state index contributed by atoms with van der Waals surface area (Å²) < 4.78 is 153. The zero-order valence-corrected chi connectivity index (χ0v) is 26.3. The van der Waals surface area contributed by atoms with Gasteiger partial charge in [-0.25, -0.2) is 21.4 Å². The first-order valence-electron chi connectivity index (χ1n) is 10.8. The Bertz CT molecular complexity index is 1890. The number of alkyl halides is 6. The molecule has 4 aromatic carbocycles. The third kappa shape index (κ3) is 4.78. The Hall–Kier alpha value is -1.83. The van der Waals surface area contributed by atoms with Crippen LogP contribution in [0.25, 0.3) is 32.7 Å². The Kier molecular flexibility index (Phi) is 7.36. The maximum Gasteiger partial charge on any atom is 0.499 e. The van der Waals surface area contributed by atoms with E-state index in [9.17, 15) is 47.7 Å². The molecule has 1 aliphatic rings. The van der Waals surface area contributed by atoms with Crippen LogP contribution in [0.2, 0.25) is 0 Å². The SMILES string of the molecule is O=P1(C(S(=O)(=O)C(F)(F)F)S(=O)(=O)C(F)(F)F)Oc2c(I)cc3ccccc3c2-c2c(c(I)cc3ccccc23)O1. The highest BCUT2D eigenvalue weighted by molar-refractivity contribution is 14.1. The fourth-order valence-electron chi connectivity index (χ4n) is 4.36. The summed E-state index contributed by atoms with van der Waals surface area (Å²) in [6.07, 6.45) is 0. The van der Waals surface area contributed by atoms with E-state index in [1.54, 1.807) is 93.7 Å². The van der Waals surface area contributed by atoms with E-state index in [0.29, 0.717) is 21.5 Å². The first-order chi connectivity index (χ1) is 18.8. The van der Waals surface area contributed by atoms with E-state index in [2.05, 4.69) is 0 Å². The molecule has 4 aromatic rings. The number of sulfone groups is 2. The van der Waals surface area contributed by atoms with Gasteiger partial charge in [0.05, 0.1) is 7.14 Å². The highest BCUT2D eigenvalue weighted by atomic mass is 127. The van der Waals surface area contributed by atoms with Gasteiger partial charge >= 0.3 is 22.9 Å². The molecule has 0 radical (unpaired) electrons. The normalized spacial score (nSPS) is 15.6. The van der Waals surface area contributed by atoms with Crippen molar-refractivity contribution in [3.63, 3.8) is 0 Å². The van der Waals surface area contributed by atoms with Crippen LogP contribution in [0.15, 0.2) is 60.7 Å². The predicted molar refractivity (Wildman–Crippen MR) is 155 cm³/mol. The second kappa shape index (κ2) is 9.85. The lowest BCUT2D eigenvalue weighted by Crippen LogP contribution is -2.46. The van der Waals surface area contributed by atoms with Crippen molar-refractivity contribution in [3.05, 3.63) is 67.8 Å². The van der Waals surface area contributed by atoms with E-state index < -0.39 is 54.1 Å². The van der Waals surface area contributed by atoms with Crippen LogP contribution < -0.4 is 9.05 Å². The van der Waals surface area contributed by atoms with Crippen LogP contribution in [0.5, 0.6) is 11.5 Å². The van der Waals surface area contributed by atoms with Crippen LogP contribution in [-0.2, 0) is 24.2 Å². The van der Waals surface area contributed by atoms with Crippen molar-refractivity contribution >= 4 is 94.0 Å². The molecular weight excluding hydrogens is 851 g/mol. The Balaban J connectivity index is 2.00. The van der Waals surface area contributed by atoms with Crippen molar-refractivity contribution in [3.8, 4) is 22.6 Å². The van der Waals surface area contributed by atoms with Crippen molar-refractivity contribution in [2.75, 3.05) is 0 Å². The molecule has 7 nitrogen and oxygen atoms in total. The van der Waals surface area contributed by atoms with Gasteiger partial charge in [-0.15, -0.1) is 0 Å². The van der Waals surface area contributed by atoms with E-state index in [-0.39, 0.29) is 18.3 Å². The number of fused-ring (bicyclic) bond motifs is 7. The molecule has 0 unspecified atom stereocenters. The molecular formula is C23H11F6I2O7PS2. The van der Waals surface area contributed by atoms with Gasteiger partial charge in [-0.3, -0.25) is 0 Å². The molecule has 0 N–H and O–H groups in total. The quantitative estimate of drug-likeness (QED) is 0.117. The number of hydrogen-bond donors (Lipinski definition) is 0. The molecule has 1 aliphatic heterocycles. The van der Waals surface area contributed by atoms with Crippen LogP contribution in [0.1, 0.15) is 0 Å². The lowest BCUT2D eigenvalue weighted by atomic mass is 9.92. The first kappa shape index (κ1) is 30.6. The van der Waals surface area contributed by atoms with Crippen molar-refractivity contribution in [2.45, 2.75) is 15.3 Å². The monoisotopic (exact) mass is 862 g/mol. The molecule has 41 heavy (non-hydrogen) atoms. The molecule has 0 saturated carbocycles. The van der Waals surface area contributed by atoms with Gasteiger partial charge in [-0.2, -0.15) is 26.3 Å². The van der Waals surface area contributed by atoms with E-state index in [1.165, 1.54) is 12.1 Å². The fraction of sp³-hybridized carbons (Fsp3) is 0.130. The second-order valence-corrected chi connectivity index (χ2v) is 17.9. The summed E-state index contributed by atoms with van der Waals surface area (Å²) in [5, 5.41) is 1.68. The highest BCUT2D eigenvalue weighted by Gasteiger charge is 2.72. The number of rotatable bonds is 3. The maximum absolute atomic E-state index is 14.2. The van der Waals surface area contributed by atoms with Crippen molar-refractivity contribution in [1.29, 1.82) is 0 Å². The Morgan fingerprint density at radius 1 is 0.659 bits per heavy atom. The second-order valence-electron chi connectivity index (χ2n) is 8.58. The van der Waals surface area contributed by atoms with E-state index >= 15 is 0 Å². The summed E-state index contributed by atoms with van der Waals surface area (Å²) in [7, 11) is -21.3. The molecule has 5 rings (SSSR count). The van der Waals surface area contributed by atoms with E-state index in [0.717, 1.165) is 0 Å². The van der Waals surface area contributed by atoms with Crippen LogP contribution in [-0.4, -0.2) is 32.2 Å². The summed E-state index contributed by atoms with van der Waals surface area (Å²) in [6.45, 7) is 0. The zero-order valence-electron chi connectivity index (χ0n) is 19.5. The predicted octanol–water partition coefficient (Wildman–Crippen LogP) is 7.99. The topological polar surface area (TPSA) is 104 Å². The van der Waals surface area contributed by atoms with Crippen LogP contribution in [0.3, 0.4) is 0 Å². The number of halogens is 8. The molecule has 1 heterocycles. The summed E-state index contributed by atoms with van der Waals surface area (Å²) in [6, 6.07) is 15.6. The third-order valence-electron chi connectivity index (χ3n) is 6.03. The molecule has 18 heteroatoms. The van der Waals surface area contributed by atoms with Gasteiger partial charge in [0.25, 0.3) is 19.7 Å². The van der Waals surface area contributed by atoms with Crippen molar-refractivity contribution < 1.29 is 56.8 Å². The zero-order chi connectivity index (χ0) is 30.3. The lowest BCUT2D eigenvalue weighted by Gasteiger charge is -2.27. The average Bonchev–Trinajstić information content (AvgIpc) is 2.98. The minimum absolute atomic E-state index is 0.00232. The van der Waals surface area contributed by atoms with Gasteiger partial charge in [0, 0.05) is 11.1 Å². The van der Waals surface area contributed by atoms with Gasteiger partial charge < -0.3 is 9.05 Å². The number of hydrogen-bond acceptors (Lipinski definition) is 7. The lowest BCUT2D eigenvalue weighted by molar-refractivity contribution is -0.0464. The maximum atomic E-state index is 14.2. The van der Waals surface area contributed by atoms with Crippen molar-refractivity contribution in [1.82, 2.24) is 0 Å². The molecule has 0 aliphatic carbocycles. The molecule has 0 fully saturated rings. The largest absolute Gasteiger partial charge is 0.499 e. The summed E-state index contributed by atoms with van der Waals surface area (Å²) >= 11 is 3.21. The van der Waals surface area contributed by atoms with Gasteiger partial charge in [0.1, 0.15) is 0 Å². The molecule has 218 valence electrons. The Morgan fingerprint density at radius 2 is 1.00 bits per heavy atom. The average molecular weight is 862 g/mol. The van der Waals surface area contributed by atoms with Crippen LogP contribution in [0.4, 0.5) is 26.3 Å². The van der Waals surface area contributed by atoms with E-state index in [4.69, 9.17) is 9.05 Å². The molecule has 0 spiro atoms. The molecule has 0 amide bonds. The standard InChI is InChI=1S/C23H11F6I2O7PS2/c24-22(25,26)40(33,34)21(41(35,36)23(27,28)29)39(32)37-19-15(30)9-11-5-1-3-7-13(11)17(19)18-14-8-4-2-6-12(14)10-16(31)20(18)38-39/h1-10,21H. The van der Waals surface area contributed by atoms with Crippen molar-refractivity contribution in [2.24, 2.45) is 0 Å². The highest BCUT2D eigenvalue weighted by Crippen LogP contribution is 2.66. The van der Waals surface area contributed by atoms with Gasteiger partial charge in [-0.1, -0.05) is 48.5 Å². The Labute approximate surface area is 254 Å². The summed E-state index contributed by atoms with van der Waals surface area (Å²) in [5.41, 5.74) is -13.2. The summed E-state index contributed by atoms with van der Waals surface area (Å²) in [5.74, 6) is -1.23. The van der Waals surface area contributed by atoms with Gasteiger partial charge in [0.15, 0.2) is 11.5 Å². The minimum Gasteiger partial charge on any atom is -0.413 e. The van der Waals surface area contributed by atoms with Gasteiger partial charge in [0.2, 0.25) is 0 Å². The molecule has 0 aromatic heterocycles. The fourth-order valence-corrected chi connectivity index (χ4v) is 13.6.